The molecule has 1 heterocycles. The Morgan fingerprint density at radius 3 is 2.73 bits per heavy atom. The van der Waals surface area contributed by atoms with E-state index in [1.807, 2.05) is 24.3 Å². The Morgan fingerprint density at radius 2 is 1.93 bits per heavy atom. The maximum Gasteiger partial charge on any atom is 0.223 e. The second kappa shape index (κ2) is 7.55. The molecule has 0 saturated heterocycles. The highest BCUT2D eigenvalue weighted by atomic mass is 32.2. The summed E-state index contributed by atoms with van der Waals surface area (Å²) in [5.41, 5.74) is 1.59. The molecule has 0 radical (unpaired) electrons. The van der Waals surface area contributed by atoms with Crippen molar-refractivity contribution < 1.29 is 9.59 Å². The zero-order valence-electron chi connectivity index (χ0n) is 18.1. The number of fused-ring (bicyclic) bond motifs is 5. The van der Waals surface area contributed by atoms with Gasteiger partial charge in [0, 0.05) is 23.1 Å². The van der Waals surface area contributed by atoms with Crippen molar-refractivity contribution in [3.8, 4) is 0 Å². The van der Waals surface area contributed by atoms with Gasteiger partial charge in [-0.1, -0.05) is 62.0 Å². The smallest absolute Gasteiger partial charge is 0.223 e. The van der Waals surface area contributed by atoms with E-state index in [4.69, 9.17) is 0 Å². The molecule has 3 nitrogen and oxygen atoms in total. The Hall–Kier alpha value is -1.55. The van der Waals surface area contributed by atoms with Gasteiger partial charge in [0.05, 0.1) is 0 Å². The summed E-state index contributed by atoms with van der Waals surface area (Å²) in [7, 11) is 0. The van der Waals surface area contributed by atoms with E-state index < -0.39 is 0 Å². The number of allylic oxidation sites excluding steroid dienone is 1. The standard InChI is InChI=1S/C26H33NO2S/c1-25-12-10-20-19(8-9-22-26(20,2)13-11-23(28)30-22)21(25)14-18(15-25)24(29)27-16-17-6-4-3-5-7-17/h3-7,11,13,18-22H,8-10,12,14-16H2,1-2H3,(H,27,29)/t18-,19+,20-,21-,22+,25+,26+/m0/s1. The van der Waals surface area contributed by atoms with Crippen LogP contribution in [-0.2, 0) is 16.1 Å². The predicted octanol–water partition coefficient (Wildman–Crippen LogP) is 5.36. The molecule has 3 aliphatic carbocycles. The summed E-state index contributed by atoms with van der Waals surface area (Å²) in [4.78, 5) is 25.0. The molecule has 1 N–H and O–H groups in total. The monoisotopic (exact) mass is 423 g/mol. The maximum absolute atomic E-state index is 13.0. The maximum atomic E-state index is 13.0. The molecule has 1 aromatic carbocycles. The van der Waals surface area contributed by atoms with Gasteiger partial charge >= 0.3 is 0 Å². The van der Waals surface area contributed by atoms with Crippen LogP contribution >= 0.6 is 11.8 Å². The number of thioether (sulfide) groups is 1. The molecule has 1 amide bonds. The number of carbonyl (C=O) groups is 2. The van der Waals surface area contributed by atoms with Crippen molar-refractivity contribution in [1.29, 1.82) is 0 Å². The molecule has 30 heavy (non-hydrogen) atoms. The van der Waals surface area contributed by atoms with Crippen LogP contribution in [0.25, 0.3) is 0 Å². The van der Waals surface area contributed by atoms with E-state index in [-0.39, 0.29) is 22.4 Å². The van der Waals surface area contributed by atoms with Gasteiger partial charge in [-0.05, 0) is 73.3 Å². The third-order valence-corrected chi connectivity index (χ3v) is 10.4. The molecular formula is C26H33NO2S. The lowest BCUT2D eigenvalue weighted by molar-refractivity contribution is -0.125. The fraction of sp³-hybridized carbons (Fsp3) is 0.615. The van der Waals surface area contributed by atoms with E-state index in [0.717, 1.165) is 24.8 Å². The summed E-state index contributed by atoms with van der Waals surface area (Å²) in [6, 6.07) is 10.2. The molecule has 4 aliphatic rings. The Kier molecular flexibility index (Phi) is 5.12. The highest BCUT2D eigenvalue weighted by Gasteiger charge is 2.59. The quantitative estimate of drug-likeness (QED) is 0.712. The molecule has 1 aromatic rings. The van der Waals surface area contributed by atoms with E-state index in [1.165, 1.54) is 19.3 Å². The van der Waals surface area contributed by atoms with Gasteiger partial charge in [0.1, 0.15) is 0 Å². The average molecular weight is 424 g/mol. The van der Waals surface area contributed by atoms with E-state index >= 15 is 0 Å². The Balaban J connectivity index is 1.30. The fourth-order valence-electron chi connectivity index (χ4n) is 7.39. The van der Waals surface area contributed by atoms with Crippen molar-refractivity contribution in [2.75, 3.05) is 0 Å². The molecule has 3 saturated carbocycles. The lowest BCUT2D eigenvalue weighted by atomic mass is 9.50. The highest BCUT2D eigenvalue weighted by Crippen LogP contribution is 2.65. The second-order valence-corrected chi connectivity index (χ2v) is 11.8. The predicted molar refractivity (Wildman–Crippen MR) is 122 cm³/mol. The number of amides is 1. The van der Waals surface area contributed by atoms with Crippen molar-refractivity contribution in [3.05, 3.63) is 48.0 Å². The molecule has 0 aromatic heterocycles. The molecule has 3 fully saturated rings. The van der Waals surface area contributed by atoms with Crippen molar-refractivity contribution in [3.63, 3.8) is 0 Å². The van der Waals surface area contributed by atoms with Gasteiger partial charge in [-0.2, -0.15) is 0 Å². The van der Waals surface area contributed by atoms with Crippen LogP contribution in [0.4, 0.5) is 0 Å². The van der Waals surface area contributed by atoms with Gasteiger partial charge in [-0.25, -0.2) is 0 Å². The van der Waals surface area contributed by atoms with Crippen LogP contribution < -0.4 is 5.32 Å². The minimum absolute atomic E-state index is 0.135. The van der Waals surface area contributed by atoms with Crippen LogP contribution in [0.2, 0.25) is 0 Å². The normalized spacial score (nSPS) is 42.2. The summed E-state index contributed by atoms with van der Waals surface area (Å²) < 4.78 is 0. The second-order valence-electron chi connectivity index (χ2n) is 10.6. The van der Waals surface area contributed by atoms with Crippen LogP contribution in [0.3, 0.4) is 0 Å². The summed E-state index contributed by atoms with van der Waals surface area (Å²) in [5.74, 6) is 2.36. The van der Waals surface area contributed by atoms with Crippen LogP contribution in [0.1, 0.15) is 57.9 Å². The first-order chi connectivity index (χ1) is 14.4. The van der Waals surface area contributed by atoms with Crippen molar-refractivity contribution in [2.45, 2.75) is 64.2 Å². The topological polar surface area (TPSA) is 46.2 Å². The van der Waals surface area contributed by atoms with E-state index in [2.05, 4.69) is 37.4 Å². The van der Waals surface area contributed by atoms with Crippen molar-refractivity contribution in [2.24, 2.45) is 34.5 Å². The number of rotatable bonds is 3. The Labute approximate surface area is 184 Å². The van der Waals surface area contributed by atoms with Gasteiger partial charge in [0.15, 0.2) is 0 Å². The molecule has 4 heteroatoms. The molecule has 0 bridgehead atoms. The Morgan fingerprint density at radius 1 is 1.13 bits per heavy atom. The highest BCUT2D eigenvalue weighted by molar-refractivity contribution is 8.14. The molecule has 160 valence electrons. The lowest BCUT2D eigenvalue weighted by Crippen LogP contribution is -2.52. The minimum atomic E-state index is 0.135. The number of benzene rings is 1. The average Bonchev–Trinajstić information content (AvgIpc) is 3.11. The first-order valence-corrected chi connectivity index (χ1v) is 12.5. The van der Waals surface area contributed by atoms with Crippen LogP contribution in [0.5, 0.6) is 0 Å². The zero-order valence-corrected chi connectivity index (χ0v) is 18.9. The molecule has 7 atom stereocenters. The number of hydrogen-bond donors (Lipinski definition) is 1. The molecule has 1 aliphatic heterocycles. The Bertz CT molecular complexity index is 867. The van der Waals surface area contributed by atoms with Gasteiger partial charge in [-0.3, -0.25) is 9.59 Å². The summed E-state index contributed by atoms with van der Waals surface area (Å²) in [5, 5.41) is 3.87. The minimum Gasteiger partial charge on any atom is -0.352 e. The number of nitrogens with one attached hydrogen (secondary N) is 1. The zero-order chi connectivity index (χ0) is 20.9. The van der Waals surface area contributed by atoms with Crippen LogP contribution in [0.15, 0.2) is 42.5 Å². The van der Waals surface area contributed by atoms with Crippen LogP contribution in [-0.4, -0.2) is 16.3 Å². The summed E-state index contributed by atoms with van der Waals surface area (Å²) >= 11 is 1.57. The number of carbonyl (C=O) groups excluding carboxylic acids is 2. The van der Waals surface area contributed by atoms with E-state index in [0.29, 0.717) is 35.0 Å². The van der Waals surface area contributed by atoms with E-state index in [9.17, 15) is 9.59 Å². The fourth-order valence-corrected chi connectivity index (χ4v) is 8.58. The van der Waals surface area contributed by atoms with Gasteiger partial charge in [-0.15, -0.1) is 0 Å². The van der Waals surface area contributed by atoms with Crippen molar-refractivity contribution >= 4 is 22.8 Å². The third kappa shape index (κ3) is 3.36. The van der Waals surface area contributed by atoms with Crippen molar-refractivity contribution in [1.82, 2.24) is 5.32 Å². The number of hydrogen-bond acceptors (Lipinski definition) is 3. The van der Waals surface area contributed by atoms with Crippen LogP contribution in [0, 0.1) is 34.5 Å². The first-order valence-electron chi connectivity index (χ1n) is 11.6. The third-order valence-electron chi connectivity index (χ3n) is 8.98. The summed E-state index contributed by atoms with van der Waals surface area (Å²) in [6.07, 6.45) is 11.0. The summed E-state index contributed by atoms with van der Waals surface area (Å²) in [6.45, 7) is 5.47. The van der Waals surface area contributed by atoms with Gasteiger partial charge in [0.25, 0.3) is 0 Å². The first kappa shape index (κ1) is 20.4. The SMILES string of the molecule is C[C@]12CC[C@H]3[C@@H](CC[C@H]4SC(=O)C=C[C@@]43C)[C@@H]1C[C@H](C(=O)NCc1ccccc1)C2. The lowest BCUT2D eigenvalue weighted by Gasteiger charge is -2.57. The largest absolute Gasteiger partial charge is 0.352 e. The van der Waals surface area contributed by atoms with E-state index in [1.54, 1.807) is 11.8 Å². The van der Waals surface area contributed by atoms with Gasteiger partial charge in [0.2, 0.25) is 11.0 Å². The van der Waals surface area contributed by atoms with Gasteiger partial charge < -0.3 is 5.32 Å². The molecule has 5 rings (SSSR count). The molecular weight excluding hydrogens is 390 g/mol. The molecule has 0 unspecified atom stereocenters. The molecule has 0 spiro atoms.